The van der Waals surface area contributed by atoms with Crippen molar-refractivity contribution in [3.8, 4) is 16.8 Å². The van der Waals surface area contributed by atoms with Crippen LogP contribution in [0.25, 0.3) is 5.00 Å². The van der Waals surface area contributed by atoms with Crippen molar-refractivity contribution < 1.29 is 14.3 Å². The molecule has 0 spiro atoms. The van der Waals surface area contributed by atoms with Crippen LogP contribution in [0, 0.1) is 32.6 Å². The molecule has 3 aromatic rings. The third kappa shape index (κ3) is 3.68. The molecule has 1 aromatic carbocycles. The molecule has 0 saturated heterocycles. The zero-order valence-corrected chi connectivity index (χ0v) is 18.4. The van der Waals surface area contributed by atoms with Crippen molar-refractivity contribution in [2.75, 3.05) is 7.11 Å². The largest absolute Gasteiger partial charge is 0.469 e. The van der Waals surface area contributed by atoms with Gasteiger partial charge in [0.15, 0.2) is 12.1 Å². The maximum atomic E-state index is 12.1. The minimum Gasteiger partial charge on any atom is -0.469 e. The number of carbonyl (C=O) groups excluding carboxylic acids is 2. The number of thiophene rings is 1. The van der Waals surface area contributed by atoms with Crippen molar-refractivity contribution in [2.45, 2.75) is 33.2 Å². The maximum Gasteiger partial charge on any atom is 0.308 e. The van der Waals surface area contributed by atoms with Gasteiger partial charge in [0.05, 0.1) is 19.2 Å². The molecule has 0 radical (unpaired) electrons. The second-order valence-electron chi connectivity index (χ2n) is 7.14. The number of esters is 1. The average molecular weight is 433 g/mol. The number of rotatable bonds is 3. The molecule has 1 aliphatic heterocycles. The summed E-state index contributed by atoms with van der Waals surface area (Å²) in [4.78, 5) is 28.8. The normalized spacial score (nSPS) is 14.5. The van der Waals surface area contributed by atoms with Crippen LogP contribution in [-0.4, -0.2) is 39.8 Å². The number of aliphatic imine (C=N–C) groups is 1. The Balaban J connectivity index is 1.94. The maximum absolute atomic E-state index is 12.1. The second kappa shape index (κ2) is 8.28. The summed E-state index contributed by atoms with van der Waals surface area (Å²) in [6.07, 6.45) is 0.635. The van der Waals surface area contributed by atoms with Gasteiger partial charge in [-0.25, -0.2) is 0 Å². The molecular weight excluding hydrogens is 412 g/mol. The Labute approximate surface area is 183 Å². The summed E-state index contributed by atoms with van der Waals surface area (Å²) in [5.74, 6) is 6.21. The summed E-state index contributed by atoms with van der Waals surface area (Å²) >= 11 is 1.66. The van der Waals surface area contributed by atoms with E-state index >= 15 is 0 Å². The molecule has 4 rings (SSSR count). The summed E-state index contributed by atoms with van der Waals surface area (Å²) in [7, 11) is 1.36. The van der Waals surface area contributed by atoms with Gasteiger partial charge >= 0.3 is 5.97 Å². The molecular formula is C23H20N4O3S. The van der Waals surface area contributed by atoms with Crippen LogP contribution in [0.15, 0.2) is 29.3 Å². The molecule has 2 aromatic heterocycles. The fourth-order valence-corrected chi connectivity index (χ4v) is 4.80. The number of aldehydes is 1. The molecule has 0 fully saturated rings. The molecule has 3 heterocycles. The van der Waals surface area contributed by atoms with Gasteiger partial charge in [0, 0.05) is 21.6 Å². The summed E-state index contributed by atoms with van der Waals surface area (Å²) in [5.41, 5.74) is 4.55. The number of hydrogen-bond donors (Lipinski definition) is 0. The fraction of sp³-hybridized carbons (Fsp3) is 0.261. The Bertz CT molecular complexity index is 1270. The molecule has 0 unspecified atom stereocenters. The molecule has 0 N–H and O–H groups in total. The van der Waals surface area contributed by atoms with Crippen molar-refractivity contribution in [2.24, 2.45) is 4.99 Å². The van der Waals surface area contributed by atoms with Crippen molar-refractivity contribution in [3.63, 3.8) is 0 Å². The van der Waals surface area contributed by atoms with Gasteiger partial charge in [0.1, 0.15) is 16.9 Å². The smallest absolute Gasteiger partial charge is 0.308 e. The summed E-state index contributed by atoms with van der Waals surface area (Å²) < 4.78 is 6.90. The first-order valence-electron chi connectivity index (χ1n) is 9.67. The Hall–Kier alpha value is -3.57. The standard InChI is InChI=1S/C23H20N4O3S/c1-13-14(2)31-23-20(13)21(17-9-7-16(8-10-17)6-5-11-28)24-18(12-19(29)30-4)22-26-25-15(3)27(22)23/h7-11,18H,12H2,1-4H3/t18-/m0/s1. The van der Waals surface area contributed by atoms with E-state index in [1.807, 2.05) is 35.8 Å². The van der Waals surface area contributed by atoms with E-state index in [4.69, 9.17) is 9.73 Å². The topological polar surface area (TPSA) is 86.4 Å². The van der Waals surface area contributed by atoms with Crippen molar-refractivity contribution >= 4 is 29.3 Å². The first-order valence-corrected chi connectivity index (χ1v) is 10.5. The van der Waals surface area contributed by atoms with Gasteiger partial charge in [0.25, 0.3) is 0 Å². The van der Waals surface area contributed by atoms with E-state index in [9.17, 15) is 9.59 Å². The van der Waals surface area contributed by atoms with Crippen molar-refractivity contribution in [1.29, 1.82) is 0 Å². The minimum absolute atomic E-state index is 0.0635. The van der Waals surface area contributed by atoms with Crippen LogP contribution in [0.2, 0.25) is 0 Å². The third-order valence-electron chi connectivity index (χ3n) is 5.26. The van der Waals surface area contributed by atoms with Crippen LogP contribution in [0.5, 0.6) is 0 Å². The number of aryl methyl sites for hydroxylation is 2. The van der Waals surface area contributed by atoms with Crippen LogP contribution in [-0.2, 0) is 14.3 Å². The lowest BCUT2D eigenvalue weighted by molar-refractivity contribution is -0.141. The first-order chi connectivity index (χ1) is 14.9. The number of nitrogens with zero attached hydrogens (tertiary/aromatic N) is 4. The van der Waals surface area contributed by atoms with Crippen LogP contribution >= 0.6 is 11.3 Å². The number of benzene rings is 1. The van der Waals surface area contributed by atoms with Crippen LogP contribution < -0.4 is 0 Å². The molecule has 1 aliphatic rings. The van der Waals surface area contributed by atoms with Gasteiger partial charge in [-0.15, -0.1) is 21.5 Å². The molecule has 0 amide bonds. The van der Waals surface area contributed by atoms with Crippen molar-refractivity contribution in [3.05, 3.63) is 63.0 Å². The SMILES string of the molecule is COC(=O)C[C@@H]1N=C(c2ccc(C#CC=O)cc2)c2c(sc(C)c2C)-n2c(C)nnc21. The molecule has 1 atom stereocenters. The Morgan fingerprint density at radius 3 is 2.65 bits per heavy atom. The number of fused-ring (bicyclic) bond motifs is 3. The highest BCUT2D eigenvalue weighted by Gasteiger charge is 2.32. The fourth-order valence-electron chi connectivity index (χ4n) is 3.59. The minimum atomic E-state index is -0.530. The van der Waals surface area contributed by atoms with E-state index in [1.165, 1.54) is 12.0 Å². The van der Waals surface area contributed by atoms with E-state index in [0.717, 1.165) is 38.8 Å². The Kier molecular flexibility index (Phi) is 5.53. The highest BCUT2D eigenvalue weighted by molar-refractivity contribution is 7.15. The zero-order chi connectivity index (χ0) is 22.1. The number of carbonyl (C=O) groups is 2. The highest BCUT2D eigenvalue weighted by Crippen LogP contribution is 2.39. The van der Waals surface area contributed by atoms with Gasteiger partial charge in [-0.3, -0.25) is 19.1 Å². The summed E-state index contributed by atoms with van der Waals surface area (Å²) in [5, 5.41) is 9.60. The lowest BCUT2D eigenvalue weighted by Crippen LogP contribution is -2.12. The monoisotopic (exact) mass is 432 g/mol. The number of methoxy groups -OCH3 is 1. The third-order valence-corrected chi connectivity index (χ3v) is 6.45. The molecule has 8 heteroatoms. The lowest BCUT2D eigenvalue weighted by Gasteiger charge is -2.11. The molecule has 31 heavy (non-hydrogen) atoms. The van der Waals surface area contributed by atoms with Gasteiger partial charge in [0.2, 0.25) is 0 Å². The quantitative estimate of drug-likeness (QED) is 0.360. The summed E-state index contributed by atoms with van der Waals surface area (Å²) in [6, 6.07) is 7.04. The number of hydrogen-bond acceptors (Lipinski definition) is 7. The summed E-state index contributed by atoms with van der Waals surface area (Å²) in [6.45, 7) is 6.05. The van der Waals surface area contributed by atoms with E-state index in [0.29, 0.717) is 12.1 Å². The predicted molar refractivity (Wildman–Crippen MR) is 118 cm³/mol. The molecule has 0 aliphatic carbocycles. The predicted octanol–water partition coefficient (Wildman–Crippen LogP) is 3.26. The highest BCUT2D eigenvalue weighted by atomic mass is 32.1. The van der Waals surface area contributed by atoms with E-state index in [-0.39, 0.29) is 12.4 Å². The zero-order valence-electron chi connectivity index (χ0n) is 17.6. The van der Waals surface area contributed by atoms with Gasteiger partial charge in [-0.2, -0.15) is 0 Å². The van der Waals surface area contributed by atoms with E-state index < -0.39 is 6.04 Å². The van der Waals surface area contributed by atoms with E-state index in [1.54, 1.807) is 11.3 Å². The number of aromatic nitrogens is 3. The molecule has 7 nitrogen and oxygen atoms in total. The Morgan fingerprint density at radius 1 is 1.23 bits per heavy atom. The van der Waals surface area contributed by atoms with E-state index in [2.05, 4.69) is 35.9 Å². The molecule has 156 valence electrons. The Morgan fingerprint density at radius 2 is 1.97 bits per heavy atom. The van der Waals surface area contributed by atoms with Crippen LogP contribution in [0.3, 0.4) is 0 Å². The van der Waals surface area contributed by atoms with Crippen molar-refractivity contribution in [1.82, 2.24) is 14.8 Å². The number of ether oxygens (including phenoxy) is 1. The molecule has 0 saturated carbocycles. The van der Waals surface area contributed by atoms with Crippen LogP contribution in [0.1, 0.15) is 51.2 Å². The lowest BCUT2D eigenvalue weighted by atomic mass is 9.98. The van der Waals surface area contributed by atoms with Crippen LogP contribution in [0.4, 0.5) is 0 Å². The molecule has 0 bridgehead atoms. The average Bonchev–Trinajstić information content (AvgIpc) is 3.24. The van der Waals surface area contributed by atoms with Gasteiger partial charge in [-0.1, -0.05) is 18.1 Å². The second-order valence-corrected chi connectivity index (χ2v) is 8.35. The van der Waals surface area contributed by atoms with Gasteiger partial charge in [-0.05, 0) is 44.4 Å². The van der Waals surface area contributed by atoms with Gasteiger partial charge < -0.3 is 4.74 Å². The first kappa shape index (κ1) is 20.7.